The predicted molar refractivity (Wildman–Crippen MR) is 94.4 cm³/mol. The Balaban J connectivity index is 1.20. The fraction of sp³-hybridized carbons (Fsp3) is 0.786. The summed E-state index contributed by atoms with van der Waals surface area (Å²) in [6.45, 7) is 2.00. The molecule has 160 valence electrons. The molecule has 3 amide bonds. The zero-order chi connectivity index (χ0) is 20.4. The first kappa shape index (κ1) is 20.1. The van der Waals surface area contributed by atoms with Gasteiger partial charge in [-0.2, -0.15) is 14.1 Å². The first-order chi connectivity index (χ1) is 14.0. The highest BCUT2D eigenvalue weighted by molar-refractivity contribution is 7.74. The number of urea groups is 1. The van der Waals surface area contributed by atoms with E-state index in [4.69, 9.17) is 9.39 Å². The summed E-state index contributed by atoms with van der Waals surface area (Å²) in [6, 6.07) is -1.57. The zero-order valence-electron chi connectivity index (χ0n) is 15.4. The Morgan fingerprint density at radius 2 is 2.31 bits per heavy atom. The van der Waals surface area contributed by atoms with E-state index in [0.717, 1.165) is 18.0 Å². The van der Waals surface area contributed by atoms with Crippen molar-refractivity contribution in [2.24, 2.45) is 5.92 Å². The fourth-order valence-electron chi connectivity index (χ4n) is 4.02. The lowest BCUT2D eigenvalue weighted by Gasteiger charge is -2.29. The summed E-state index contributed by atoms with van der Waals surface area (Å²) in [6.07, 6.45) is 3.14. The third-order valence-electron chi connectivity index (χ3n) is 5.35. The Morgan fingerprint density at radius 3 is 3.07 bits per heavy atom. The molecule has 3 N–H and O–H groups in total. The Hall–Kier alpha value is -2.20. The number of aromatic nitrogens is 4. The van der Waals surface area contributed by atoms with Crippen LogP contribution in [0.15, 0.2) is 6.33 Å². The van der Waals surface area contributed by atoms with Crippen LogP contribution >= 0.6 is 0 Å². The van der Waals surface area contributed by atoms with Crippen LogP contribution in [-0.2, 0) is 31.8 Å². The second-order valence-electron chi connectivity index (χ2n) is 7.27. The van der Waals surface area contributed by atoms with Gasteiger partial charge in [0.15, 0.2) is 6.33 Å². The molecule has 0 saturated carbocycles. The second kappa shape index (κ2) is 8.66. The molecule has 3 saturated heterocycles. The summed E-state index contributed by atoms with van der Waals surface area (Å²) in [4.78, 5) is 33.0. The maximum atomic E-state index is 12.5. The van der Waals surface area contributed by atoms with Gasteiger partial charge >= 0.3 is 17.4 Å². The number of amides is 3. The summed E-state index contributed by atoms with van der Waals surface area (Å²) >= 11 is -2.59. The first-order valence-electron chi connectivity index (χ1n) is 9.26. The summed E-state index contributed by atoms with van der Waals surface area (Å²) in [5, 5.41) is 15.7. The monoisotopic (exact) mass is 430 g/mol. The van der Waals surface area contributed by atoms with Gasteiger partial charge in [0, 0.05) is 19.1 Å². The largest absolute Gasteiger partial charge is 0.346 e. The van der Waals surface area contributed by atoms with Crippen LogP contribution in [0, 0.1) is 5.92 Å². The normalized spacial score (nSPS) is 30.0. The van der Waals surface area contributed by atoms with Gasteiger partial charge in [-0.1, -0.05) is 0 Å². The lowest BCUT2D eigenvalue weighted by atomic mass is 10.0. The van der Waals surface area contributed by atoms with Crippen LogP contribution < -0.4 is 10.8 Å². The number of fused-ring (bicyclic) bond motifs is 2. The molecule has 5 atom stereocenters. The van der Waals surface area contributed by atoms with Crippen LogP contribution in [0.1, 0.15) is 19.3 Å². The molecule has 0 aliphatic carbocycles. The van der Waals surface area contributed by atoms with Gasteiger partial charge in [0.05, 0.1) is 19.2 Å². The number of tetrazole rings is 1. The number of carbonyl (C=O) groups is 2. The zero-order valence-corrected chi connectivity index (χ0v) is 16.2. The molecule has 1 aromatic rings. The van der Waals surface area contributed by atoms with E-state index >= 15 is 0 Å². The summed E-state index contributed by atoms with van der Waals surface area (Å²) in [5.41, 5.74) is 2.42. The SMILES string of the molecule is O=C(NOC[C@@H]1C[C@@H](Cn2ncnn2)CN1)C1CCC2CN1C(=O)N2OS(=O)O. The van der Waals surface area contributed by atoms with Gasteiger partial charge in [0.25, 0.3) is 5.91 Å². The lowest BCUT2D eigenvalue weighted by Crippen LogP contribution is -2.50. The van der Waals surface area contributed by atoms with Gasteiger partial charge in [-0.3, -0.25) is 14.2 Å². The predicted octanol–water partition coefficient (Wildman–Crippen LogP) is -1.96. The third kappa shape index (κ3) is 4.53. The molecule has 2 bridgehead atoms. The molecular formula is C14H22N8O6S. The van der Waals surface area contributed by atoms with Gasteiger partial charge in [0.1, 0.15) is 6.04 Å². The van der Waals surface area contributed by atoms with Crippen molar-refractivity contribution in [1.82, 2.24) is 41.0 Å². The van der Waals surface area contributed by atoms with E-state index in [1.807, 2.05) is 0 Å². The third-order valence-corrected chi connectivity index (χ3v) is 5.64. The molecule has 3 aliphatic rings. The van der Waals surface area contributed by atoms with E-state index in [9.17, 15) is 13.8 Å². The van der Waals surface area contributed by atoms with E-state index in [-0.39, 0.29) is 25.2 Å². The minimum atomic E-state index is -2.59. The van der Waals surface area contributed by atoms with Crippen molar-refractivity contribution >= 4 is 23.3 Å². The van der Waals surface area contributed by atoms with Crippen molar-refractivity contribution in [2.45, 2.75) is 43.9 Å². The number of carbonyl (C=O) groups excluding carboxylic acids is 2. The smallest absolute Gasteiger partial charge is 0.311 e. The number of hydroxylamine groups is 3. The van der Waals surface area contributed by atoms with Crippen molar-refractivity contribution in [3.8, 4) is 0 Å². The minimum absolute atomic E-state index is 0.0800. The van der Waals surface area contributed by atoms with Gasteiger partial charge in [-0.15, -0.1) is 14.5 Å². The fourth-order valence-corrected chi connectivity index (χ4v) is 4.35. The van der Waals surface area contributed by atoms with E-state index in [1.54, 1.807) is 4.80 Å². The Kier molecular flexibility index (Phi) is 6.00. The highest BCUT2D eigenvalue weighted by Gasteiger charge is 2.48. The average molecular weight is 430 g/mol. The van der Waals surface area contributed by atoms with Crippen molar-refractivity contribution in [1.29, 1.82) is 0 Å². The average Bonchev–Trinajstić information content (AvgIpc) is 3.41. The van der Waals surface area contributed by atoms with Crippen LogP contribution in [-0.4, -0.2) is 88.7 Å². The van der Waals surface area contributed by atoms with Crippen molar-refractivity contribution in [2.75, 3.05) is 19.7 Å². The van der Waals surface area contributed by atoms with Crippen molar-refractivity contribution in [3.05, 3.63) is 6.33 Å². The Bertz CT molecular complexity index is 765. The molecule has 4 rings (SSSR count). The van der Waals surface area contributed by atoms with Gasteiger partial charge in [0.2, 0.25) is 0 Å². The number of piperidine rings is 1. The molecule has 29 heavy (non-hydrogen) atoms. The van der Waals surface area contributed by atoms with Gasteiger partial charge < -0.3 is 10.2 Å². The number of rotatable bonds is 8. The topological polar surface area (TPSA) is 164 Å². The second-order valence-corrected chi connectivity index (χ2v) is 7.86. The molecule has 3 fully saturated rings. The van der Waals surface area contributed by atoms with Crippen LogP contribution in [0.25, 0.3) is 0 Å². The van der Waals surface area contributed by atoms with Crippen LogP contribution in [0.2, 0.25) is 0 Å². The maximum Gasteiger partial charge on any atom is 0.346 e. The first-order valence-corrected chi connectivity index (χ1v) is 10.3. The van der Waals surface area contributed by atoms with E-state index in [1.165, 1.54) is 11.2 Å². The van der Waals surface area contributed by atoms with Crippen molar-refractivity contribution < 1.29 is 27.5 Å². The molecule has 4 heterocycles. The lowest BCUT2D eigenvalue weighted by molar-refractivity contribution is -0.139. The maximum absolute atomic E-state index is 12.5. The molecule has 0 radical (unpaired) electrons. The quantitative estimate of drug-likeness (QED) is 0.311. The standard InChI is InChI=1S/C14H22N8O6S/c23-13(12-2-1-11-6-20(12)14(24)22(11)28-29(25)26)18-27-7-10-3-9(4-15-10)5-21-17-8-16-19-21/h8-12,15H,1-7H2,(H,18,23)(H,25,26)/t9-,10+,11?,12?/m1/s1. The Labute approximate surface area is 168 Å². The van der Waals surface area contributed by atoms with Crippen LogP contribution in [0.5, 0.6) is 0 Å². The van der Waals surface area contributed by atoms with E-state index in [0.29, 0.717) is 25.3 Å². The molecule has 0 aromatic carbocycles. The highest BCUT2D eigenvalue weighted by atomic mass is 32.2. The molecule has 3 aliphatic heterocycles. The van der Waals surface area contributed by atoms with Gasteiger partial charge in [-0.25, -0.2) is 10.3 Å². The molecule has 1 aromatic heterocycles. The van der Waals surface area contributed by atoms with E-state index < -0.39 is 29.3 Å². The minimum Gasteiger partial charge on any atom is -0.311 e. The Morgan fingerprint density at radius 1 is 1.45 bits per heavy atom. The highest BCUT2D eigenvalue weighted by Crippen LogP contribution is 2.30. The number of hydrogen-bond acceptors (Lipinski definition) is 9. The number of nitrogens with zero attached hydrogens (tertiary/aromatic N) is 6. The summed E-state index contributed by atoms with van der Waals surface area (Å²) < 4.78 is 24.3. The molecular weight excluding hydrogens is 408 g/mol. The summed E-state index contributed by atoms with van der Waals surface area (Å²) in [5.74, 6) is -0.0841. The molecule has 0 spiro atoms. The van der Waals surface area contributed by atoms with Gasteiger partial charge in [-0.05, 0) is 30.4 Å². The van der Waals surface area contributed by atoms with Crippen LogP contribution in [0.3, 0.4) is 0 Å². The molecule has 15 heteroatoms. The molecule has 3 unspecified atom stereocenters. The number of hydrogen-bond donors (Lipinski definition) is 3. The summed E-state index contributed by atoms with van der Waals surface area (Å²) in [7, 11) is 0. The number of nitrogens with one attached hydrogen (secondary N) is 2. The molecule has 14 nitrogen and oxygen atoms in total. The van der Waals surface area contributed by atoms with Crippen molar-refractivity contribution in [3.63, 3.8) is 0 Å². The van der Waals surface area contributed by atoms with E-state index in [2.05, 4.69) is 30.5 Å². The van der Waals surface area contributed by atoms with Crippen LogP contribution in [0.4, 0.5) is 4.79 Å².